The molecule has 1 fully saturated rings. The van der Waals surface area contributed by atoms with Gasteiger partial charge >= 0.3 is 6.61 Å². The van der Waals surface area contributed by atoms with Gasteiger partial charge in [0.2, 0.25) is 0 Å². The zero-order valence-electron chi connectivity index (χ0n) is 12.7. The normalized spacial score (nSPS) is 20.3. The van der Waals surface area contributed by atoms with Crippen LogP contribution in [0.4, 0.5) is 13.2 Å². The van der Waals surface area contributed by atoms with Crippen molar-refractivity contribution in [3.63, 3.8) is 0 Å². The fourth-order valence-corrected chi connectivity index (χ4v) is 3.20. The van der Waals surface area contributed by atoms with E-state index in [1.54, 1.807) is 24.3 Å². The first-order valence-corrected chi connectivity index (χ1v) is 7.87. The van der Waals surface area contributed by atoms with E-state index >= 15 is 0 Å². The number of hydrogen-bond acceptors (Lipinski definition) is 1. The van der Waals surface area contributed by atoms with Crippen LogP contribution in [0.1, 0.15) is 30.7 Å². The van der Waals surface area contributed by atoms with Gasteiger partial charge in [0.05, 0.1) is 6.67 Å². The zero-order valence-corrected chi connectivity index (χ0v) is 12.7. The maximum atomic E-state index is 12.3. The predicted octanol–water partition coefficient (Wildman–Crippen LogP) is 5.81. The topological polar surface area (TPSA) is 9.23 Å². The molecule has 2 aromatic rings. The molecule has 0 radical (unpaired) electrons. The Kier molecular flexibility index (Phi) is 4.89. The van der Waals surface area contributed by atoms with Crippen molar-refractivity contribution in [1.82, 2.24) is 0 Å². The summed E-state index contributed by atoms with van der Waals surface area (Å²) in [4.78, 5) is 0. The van der Waals surface area contributed by atoms with Gasteiger partial charge in [-0.1, -0.05) is 36.4 Å². The highest BCUT2D eigenvalue weighted by molar-refractivity contribution is 5.65. The van der Waals surface area contributed by atoms with Gasteiger partial charge in [0.15, 0.2) is 0 Å². The molecule has 0 saturated heterocycles. The highest BCUT2D eigenvalue weighted by Crippen LogP contribution is 2.44. The lowest BCUT2D eigenvalue weighted by atomic mass is 9.70. The minimum atomic E-state index is -2.81. The van der Waals surface area contributed by atoms with Gasteiger partial charge in [0, 0.05) is 0 Å². The van der Waals surface area contributed by atoms with Gasteiger partial charge in [-0.3, -0.25) is 4.39 Å². The number of hydrogen-bond donors (Lipinski definition) is 0. The van der Waals surface area contributed by atoms with Crippen molar-refractivity contribution in [1.29, 1.82) is 0 Å². The fourth-order valence-electron chi connectivity index (χ4n) is 3.20. The van der Waals surface area contributed by atoms with Crippen LogP contribution in [0.25, 0.3) is 11.1 Å². The first kappa shape index (κ1) is 15.9. The van der Waals surface area contributed by atoms with E-state index in [2.05, 4.69) is 16.9 Å². The van der Waals surface area contributed by atoms with Crippen molar-refractivity contribution in [2.75, 3.05) is 6.67 Å². The van der Waals surface area contributed by atoms with E-state index in [4.69, 9.17) is 0 Å². The second-order valence-electron chi connectivity index (χ2n) is 6.04. The molecule has 1 saturated carbocycles. The van der Waals surface area contributed by atoms with E-state index in [-0.39, 0.29) is 12.4 Å². The maximum absolute atomic E-state index is 12.3. The van der Waals surface area contributed by atoms with Gasteiger partial charge in [-0.25, -0.2) is 0 Å². The maximum Gasteiger partial charge on any atom is 0.387 e. The average Bonchev–Trinajstić information content (AvgIpc) is 2.51. The molecule has 0 N–H and O–H groups in total. The Hall–Kier alpha value is -1.97. The number of benzene rings is 2. The molecule has 1 aliphatic rings. The van der Waals surface area contributed by atoms with Crippen LogP contribution in [0.3, 0.4) is 0 Å². The molecule has 2 aromatic carbocycles. The standard InChI is InChI=1S/C19H19F3O/c20-9-8-13-10-17(11-13)16-3-1-2-15(12-16)14-4-6-18(7-5-14)23-19(21)22/h1-7,12-13,17,19H,8-11H2. The van der Waals surface area contributed by atoms with Gasteiger partial charge in [-0.15, -0.1) is 0 Å². The number of halogens is 3. The van der Waals surface area contributed by atoms with Crippen LogP contribution in [-0.4, -0.2) is 13.3 Å². The summed E-state index contributed by atoms with van der Waals surface area (Å²) >= 11 is 0. The second kappa shape index (κ2) is 7.07. The third-order valence-electron chi connectivity index (χ3n) is 4.52. The third-order valence-corrected chi connectivity index (χ3v) is 4.52. The summed E-state index contributed by atoms with van der Waals surface area (Å²) in [5.41, 5.74) is 3.29. The molecule has 3 rings (SSSR count). The van der Waals surface area contributed by atoms with Crippen molar-refractivity contribution in [3.8, 4) is 16.9 Å². The lowest BCUT2D eigenvalue weighted by molar-refractivity contribution is -0.0498. The molecule has 0 bridgehead atoms. The van der Waals surface area contributed by atoms with Gasteiger partial charge in [-0.05, 0) is 59.9 Å². The fraction of sp³-hybridized carbons (Fsp3) is 0.368. The Labute approximate surface area is 134 Å². The highest BCUT2D eigenvalue weighted by atomic mass is 19.3. The summed E-state index contributed by atoms with van der Waals surface area (Å²) < 4.78 is 41.0. The molecule has 1 nitrogen and oxygen atoms in total. The zero-order chi connectivity index (χ0) is 16.2. The van der Waals surface area contributed by atoms with E-state index in [0.29, 0.717) is 18.3 Å². The molecule has 0 atom stereocenters. The van der Waals surface area contributed by atoms with Crippen LogP contribution < -0.4 is 4.74 Å². The molecule has 4 heteroatoms. The SMILES string of the molecule is FCCC1CC(c2cccc(-c3ccc(OC(F)F)cc3)c2)C1. The lowest BCUT2D eigenvalue weighted by Crippen LogP contribution is -2.22. The largest absolute Gasteiger partial charge is 0.435 e. The van der Waals surface area contributed by atoms with Crippen molar-refractivity contribution in [2.24, 2.45) is 5.92 Å². The third kappa shape index (κ3) is 3.87. The summed E-state index contributed by atoms with van der Waals surface area (Å²) in [5.74, 6) is 1.18. The first-order chi connectivity index (χ1) is 11.2. The lowest BCUT2D eigenvalue weighted by Gasteiger charge is -2.35. The van der Waals surface area contributed by atoms with Crippen molar-refractivity contribution in [2.45, 2.75) is 31.8 Å². The molecular formula is C19H19F3O. The monoisotopic (exact) mass is 320 g/mol. The van der Waals surface area contributed by atoms with E-state index in [9.17, 15) is 13.2 Å². The molecule has 0 heterocycles. The molecule has 122 valence electrons. The Morgan fingerprint density at radius 3 is 2.39 bits per heavy atom. The van der Waals surface area contributed by atoms with Crippen LogP contribution in [0, 0.1) is 5.92 Å². The van der Waals surface area contributed by atoms with Crippen LogP contribution in [0.15, 0.2) is 48.5 Å². The quantitative estimate of drug-likeness (QED) is 0.653. The number of rotatable bonds is 6. The summed E-state index contributed by atoms with van der Waals surface area (Å²) in [6.45, 7) is -3.04. The van der Waals surface area contributed by atoms with E-state index in [1.165, 1.54) is 5.56 Å². The Morgan fingerprint density at radius 1 is 1.00 bits per heavy atom. The molecule has 0 aliphatic heterocycles. The summed E-state index contributed by atoms with van der Waals surface area (Å²) in [6, 6.07) is 14.9. The molecule has 0 amide bonds. The summed E-state index contributed by atoms with van der Waals surface area (Å²) in [6.07, 6.45) is 2.77. The van der Waals surface area contributed by atoms with Crippen LogP contribution >= 0.6 is 0 Å². The second-order valence-corrected chi connectivity index (χ2v) is 6.04. The van der Waals surface area contributed by atoms with Gasteiger partial charge < -0.3 is 4.74 Å². The Balaban J connectivity index is 1.70. The molecular weight excluding hydrogens is 301 g/mol. The smallest absolute Gasteiger partial charge is 0.387 e. The molecule has 23 heavy (non-hydrogen) atoms. The highest BCUT2D eigenvalue weighted by Gasteiger charge is 2.29. The van der Waals surface area contributed by atoms with Crippen molar-refractivity contribution >= 4 is 0 Å². The Morgan fingerprint density at radius 2 is 1.74 bits per heavy atom. The van der Waals surface area contributed by atoms with Gasteiger partial charge in [0.25, 0.3) is 0 Å². The van der Waals surface area contributed by atoms with Crippen LogP contribution in [0.5, 0.6) is 5.75 Å². The molecule has 0 spiro atoms. The molecule has 1 aliphatic carbocycles. The van der Waals surface area contributed by atoms with E-state index < -0.39 is 6.61 Å². The van der Waals surface area contributed by atoms with E-state index in [0.717, 1.165) is 24.0 Å². The van der Waals surface area contributed by atoms with Crippen LogP contribution in [-0.2, 0) is 0 Å². The Bertz CT molecular complexity index is 633. The van der Waals surface area contributed by atoms with Crippen molar-refractivity contribution < 1.29 is 17.9 Å². The van der Waals surface area contributed by atoms with Gasteiger partial charge in [0.1, 0.15) is 5.75 Å². The van der Waals surface area contributed by atoms with Crippen LogP contribution in [0.2, 0.25) is 0 Å². The van der Waals surface area contributed by atoms with E-state index in [1.807, 2.05) is 12.1 Å². The first-order valence-electron chi connectivity index (χ1n) is 7.87. The molecule has 0 aromatic heterocycles. The average molecular weight is 320 g/mol. The number of alkyl halides is 3. The summed E-state index contributed by atoms with van der Waals surface area (Å²) in [5, 5.41) is 0. The number of ether oxygens (including phenoxy) is 1. The summed E-state index contributed by atoms with van der Waals surface area (Å²) in [7, 11) is 0. The molecule has 0 unspecified atom stereocenters. The van der Waals surface area contributed by atoms with Crippen molar-refractivity contribution in [3.05, 3.63) is 54.1 Å². The van der Waals surface area contributed by atoms with Gasteiger partial charge in [-0.2, -0.15) is 8.78 Å². The minimum absolute atomic E-state index is 0.160. The minimum Gasteiger partial charge on any atom is -0.435 e. The predicted molar refractivity (Wildman–Crippen MR) is 84.6 cm³/mol.